The van der Waals surface area contributed by atoms with Crippen LogP contribution in [-0.4, -0.2) is 71.2 Å². The number of rotatable bonds is 4. The Morgan fingerprint density at radius 2 is 2.00 bits per heavy atom. The molecule has 2 N–H and O–H groups in total. The van der Waals surface area contributed by atoms with Crippen molar-refractivity contribution >= 4 is 35.8 Å². The molecule has 2 aliphatic heterocycles. The van der Waals surface area contributed by atoms with Gasteiger partial charge in [0, 0.05) is 50.7 Å². The van der Waals surface area contributed by atoms with E-state index in [1.54, 1.807) is 6.92 Å². The molecule has 0 radical (unpaired) electrons. The summed E-state index contributed by atoms with van der Waals surface area (Å²) in [5, 5.41) is 22.7. The number of fused-ring (bicyclic) bond motifs is 1. The molecule has 178 valence electrons. The van der Waals surface area contributed by atoms with Crippen molar-refractivity contribution in [2.24, 2.45) is 28.6 Å². The number of hydrogen-bond acceptors (Lipinski definition) is 10. The van der Waals surface area contributed by atoms with Crippen molar-refractivity contribution in [3.05, 3.63) is 11.1 Å². The van der Waals surface area contributed by atoms with E-state index in [0.717, 1.165) is 35.2 Å². The SMILES string of the molecule is [3H]CSO[C@@H]1C(=O)CC(C)=C2C[C@H]3OC(=O)[C@H](O)[C@H]4[C@@H](C)[C@@H](O)[C@]5(OSC[3H])OC[C@@]43[C@H]5[C@]21C. The lowest BCUT2D eigenvalue weighted by Crippen LogP contribution is -2.76. The Morgan fingerprint density at radius 3 is 2.72 bits per heavy atom. The molecule has 0 aromatic heterocycles. The molecule has 5 rings (SSSR count). The largest absolute Gasteiger partial charge is 0.459 e. The number of esters is 1. The van der Waals surface area contributed by atoms with Crippen LogP contribution in [0.3, 0.4) is 0 Å². The average Bonchev–Trinajstić information content (AvgIpc) is 3.11. The molecule has 10 heteroatoms. The Balaban J connectivity index is 1.78. The predicted molar refractivity (Wildman–Crippen MR) is 117 cm³/mol. The van der Waals surface area contributed by atoms with Crippen molar-refractivity contribution in [2.75, 3.05) is 19.1 Å². The van der Waals surface area contributed by atoms with Gasteiger partial charge in [0.15, 0.2) is 11.9 Å². The first-order chi connectivity index (χ1) is 16.1. The minimum Gasteiger partial charge on any atom is -0.459 e. The van der Waals surface area contributed by atoms with E-state index in [2.05, 4.69) is 0 Å². The molecular weight excluding hydrogens is 456 g/mol. The lowest BCUT2D eigenvalue weighted by atomic mass is 9.39. The highest BCUT2D eigenvalue weighted by atomic mass is 32.2. The topological polar surface area (TPSA) is 112 Å². The summed E-state index contributed by atoms with van der Waals surface area (Å²) in [4.78, 5) is 26.1. The first kappa shape index (κ1) is 20.7. The standard InChI is InChI=1S/C22H30O8S2/c1-9-6-12(23)17(29-31-4)20(3)11(9)7-13-21-8-27-22(19(20)21,30-32-5)16(25)10(2)14(21)15(24)18(26)28-13/h10,13-17,19,24-25H,6-8H2,1-5H3/t10-,13-,14-,15-,16-,17-,19-,20-,21+,22-/m1/s1/i4T,5T. The van der Waals surface area contributed by atoms with Crippen LogP contribution >= 0.6 is 24.1 Å². The highest BCUT2D eigenvalue weighted by Gasteiger charge is 2.83. The third-order valence-corrected chi connectivity index (χ3v) is 9.52. The van der Waals surface area contributed by atoms with Crippen LogP contribution in [0.5, 0.6) is 0 Å². The van der Waals surface area contributed by atoms with Crippen LogP contribution in [-0.2, 0) is 27.4 Å². The van der Waals surface area contributed by atoms with E-state index in [1.165, 1.54) is 0 Å². The first-order valence-electron chi connectivity index (χ1n) is 12.1. The Labute approximate surface area is 199 Å². The number of allylic oxidation sites excluding steroid dienone is 1. The van der Waals surface area contributed by atoms with Crippen LogP contribution in [0.1, 0.15) is 36.4 Å². The molecule has 0 aromatic carbocycles. The zero-order chi connectivity index (χ0) is 24.6. The zero-order valence-corrected chi connectivity index (χ0v) is 19.9. The van der Waals surface area contributed by atoms with Gasteiger partial charge in [-0.05, 0) is 36.9 Å². The Hall–Kier alpha value is -0.620. The number of hydrogen-bond donors (Lipinski definition) is 2. The summed E-state index contributed by atoms with van der Waals surface area (Å²) in [6.07, 6.45) is -3.96. The second-order valence-corrected chi connectivity index (χ2v) is 10.8. The molecular formula is C22H30O8S2. The zero-order valence-electron chi connectivity index (χ0n) is 20.2. The second-order valence-electron chi connectivity index (χ2n) is 9.94. The van der Waals surface area contributed by atoms with Crippen molar-refractivity contribution in [1.29, 1.82) is 0 Å². The Bertz CT molecular complexity index is 935. The maximum Gasteiger partial charge on any atom is 0.335 e. The summed E-state index contributed by atoms with van der Waals surface area (Å²) in [7, 11) is 0. The van der Waals surface area contributed by atoms with Gasteiger partial charge in [0.25, 0.3) is 0 Å². The summed E-state index contributed by atoms with van der Waals surface area (Å²) in [6.45, 7) is 5.61. The van der Waals surface area contributed by atoms with E-state index < -0.39 is 64.8 Å². The fraction of sp³-hybridized carbons (Fsp3) is 0.818. The van der Waals surface area contributed by atoms with E-state index in [0.29, 0.717) is 6.42 Å². The second kappa shape index (κ2) is 7.44. The molecule has 32 heavy (non-hydrogen) atoms. The molecule has 8 nitrogen and oxygen atoms in total. The molecule has 2 saturated heterocycles. The maximum atomic E-state index is 13.4. The molecule has 0 unspecified atom stereocenters. The summed E-state index contributed by atoms with van der Waals surface area (Å²) >= 11 is 1.73. The van der Waals surface area contributed by atoms with Crippen molar-refractivity contribution < 1.29 is 40.4 Å². The third kappa shape index (κ3) is 2.50. The molecule has 10 atom stereocenters. The van der Waals surface area contributed by atoms with Gasteiger partial charge in [-0.15, -0.1) is 0 Å². The van der Waals surface area contributed by atoms with Gasteiger partial charge >= 0.3 is 5.97 Å². The smallest absolute Gasteiger partial charge is 0.335 e. The number of ether oxygens (including phenoxy) is 2. The molecule has 4 fully saturated rings. The maximum absolute atomic E-state index is 13.4. The van der Waals surface area contributed by atoms with E-state index in [9.17, 15) is 19.8 Å². The van der Waals surface area contributed by atoms with Crippen LogP contribution in [0.25, 0.3) is 0 Å². The van der Waals surface area contributed by atoms with E-state index in [4.69, 9.17) is 20.6 Å². The lowest BCUT2D eigenvalue weighted by molar-refractivity contribution is -0.309. The quantitative estimate of drug-likeness (QED) is 0.344. The van der Waals surface area contributed by atoms with E-state index in [-0.39, 0.29) is 31.3 Å². The van der Waals surface area contributed by atoms with Gasteiger partial charge in [0.05, 0.1) is 6.61 Å². The van der Waals surface area contributed by atoms with Crippen molar-refractivity contribution in [3.63, 3.8) is 0 Å². The van der Waals surface area contributed by atoms with Gasteiger partial charge in [-0.2, -0.15) is 0 Å². The van der Waals surface area contributed by atoms with E-state index >= 15 is 0 Å². The number of Topliss-reactive ketones (excluding diaryl/α,β-unsaturated/α-hetero) is 1. The highest BCUT2D eigenvalue weighted by Crippen LogP contribution is 2.74. The fourth-order valence-corrected chi connectivity index (χ4v) is 8.75. The van der Waals surface area contributed by atoms with Crippen molar-refractivity contribution in [2.45, 2.75) is 63.8 Å². The molecule has 2 heterocycles. The number of ketones is 1. The Kier molecular flexibility index (Phi) is 4.82. The van der Waals surface area contributed by atoms with Crippen LogP contribution in [0, 0.1) is 28.6 Å². The summed E-state index contributed by atoms with van der Waals surface area (Å²) < 4.78 is 39.4. The molecule has 2 bridgehead atoms. The summed E-state index contributed by atoms with van der Waals surface area (Å²) in [6, 6.07) is 0. The van der Waals surface area contributed by atoms with Crippen molar-refractivity contribution in [3.8, 4) is 0 Å². The molecule has 0 aromatic rings. The number of carbonyl (C=O) groups is 2. The molecule has 1 spiro atoms. The normalized spacial score (nSPS) is 52.7. The van der Waals surface area contributed by atoms with Gasteiger partial charge in [0.1, 0.15) is 18.3 Å². The number of aliphatic hydroxyl groups is 2. The van der Waals surface area contributed by atoms with Gasteiger partial charge in [-0.25, -0.2) is 4.79 Å². The lowest BCUT2D eigenvalue weighted by Gasteiger charge is -2.67. The number of aliphatic hydroxyl groups excluding tert-OH is 2. The molecule has 2 saturated carbocycles. The highest BCUT2D eigenvalue weighted by molar-refractivity contribution is 7.94. The van der Waals surface area contributed by atoms with Crippen LogP contribution < -0.4 is 0 Å². The van der Waals surface area contributed by atoms with Crippen LogP contribution in [0.2, 0.25) is 0 Å². The van der Waals surface area contributed by atoms with E-state index in [1.807, 2.05) is 13.8 Å². The van der Waals surface area contributed by atoms with Crippen LogP contribution in [0.15, 0.2) is 11.1 Å². The Morgan fingerprint density at radius 1 is 1.25 bits per heavy atom. The molecule has 5 aliphatic rings. The minimum absolute atomic E-state index is 0.0612. The van der Waals surface area contributed by atoms with Gasteiger partial charge in [-0.3, -0.25) is 8.98 Å². The fourth-order valence-electron chi connectivity index (χ4n) is 7.88. The van der Waals surface area contributed by atoms with Crippen molar-refractivity contribution in [1.82, 2.24) is 0 Å². The monoisotopic (exact) mass is 490 g/mol. The third-order valence-electron chi connectivity index (χ3n) is 8.81. The summed E-state index contributed by atoms with van der Waals surface area (Å²) in [5.74, 6) is -4.43. The van der Waals surface area contributed by atoms with Gasteiger partial charge in [0.2, 0.25) is 5.79 Å². The molecule has 3 aliphatic carbocycles. The van der Waals surface area contributed by atoms with Gasteiger partial charge in [-0.1, -0.05) is 25.0 Å². The van der Waals surface area contributed by atoms with Crippen LogP contribution in [0.4, 0.5) is 0 Å². The average molecular weight is 491 g/mol. The summed E-state index contributed by atoms with van der Waals surface area (Å²) in [5.41, 5.74) is -0.197. The van der Waals surface area contributed by atoms with Gasteiger partial charge < -0.3 is 23.9 Å². The predicted octanol–water partition coefficient (Wildman–Crippen LogP) is 1.89. The number of carbonyl (C=O) groups excluding carboxylic acids is 2. The minimum atomic E-state index is -1.60. The first-order valence-corrected chi connectivity index (χ1v) is 12.5. The molecule has 0 amide bonds.